The molecule has 0 saturated carbocycles. The van der Waals surface area contributed by atoms with Crippen LogP contribution in [0, 0.1) is 23.3 Å². The summed E-state index contributed by atoms with van der Waals surface area (Å²) in [4.78, 5) is 2.05. The van der Waals surface area contributed by atoms with E-state index in [1.807, 2.05) is 97.1 Å². The summed E-state index contributed by atoms with van der Waals surface area (Å²) in [5.41, 5.74) is 3.95. The largest absolute Gasteiger partial charge is 0.491 e. The zero-order valence-corrected chi connectivity index (χ0v) is 24.9. The average Bonchev–Trinajstić information content (AvgIpc) is 3.36. The normalized spacial score (nSPS) is 12.7. The second kappa shape index (κ2) is 11.4. The van der Waals surface area contributed by atoms with E-state index in [9.17, 15) is 0 Å². The minimum atomic E-state index is -1.54. The molecule has 7 rings (SSSR count). The van der Waals surface area contributed by atoms with Crippen molar-refractivity contribution in [2.24, 2.45) is 0 Å². The molecule has 0 aliphatic heterocycles. The molecule has 46 heavy (non-hydrogen) atoms. The maximum atomic E-state index is 15.6. The number of nitrogens with zero attached hydrogens (tertiary/aromatic N) is 1. The molecule has 0 unspecified atom stereocenters. The van der Waals surface area contributed by atoms with Gasteiger partial charge in [0.1, 0.15) is 0 Å². The van der Waals surface area contributed by atoms with E-state index in [-0.39, 0.29) is 11.1 Å². The summed E-state index contributed by atoms with van der Waals surface area (Å²) in [6.07, 6.45) is 0. The fraction of sp³-hybridized carbons (Fsp3) is 0.0769. The predicted molar refractivity (Wildman–Crippen MR) is 171 cm³/mol. The van der Waals surface area contributed by atoms with Crippen LogP contribution >= 0.6 is 0 Å². The molecule has 0 atom stereocenters. The van der Waals surface area contributed by atoms with E-state index >= 15 is 17.6 Å². The third-order valence-electron chi connectivity index (χ3n) is 8.59. The number of hydrogen-bond acceptors (Lipinski definition) is 3. The summed E-state index contributed by atoms with van der Waals surface area (Å²) < 4.78 is 72.3. The van der Waals surface area contributed by atoms with Gasteiger partial charge in [0, 0.05) is 17.1 Å². The van der Waals surface area contributed by atoms with Crippen molar-refractivity contribution in [3.8, 4) is 22.6 Å². The van der Waals surface area contributed by atoms with Crippen molar-refractivity contribution in [2.75, 3.05) is 19.1 Å². The van der Waals surface area contributed by atoms with Crippen molar-refractivity contribution in [3.05, 3.63) is 173 Å². The summed E-state index contributed by atoms with van der Waals surface area (Å²) in [6.45, 7) is 0. The smallest absolute Gasteiger partial charge is 0.190 e. The van der Waals surface area contributed by atoms with Gasteiger partial charge in [-0.25, -0.2) is 17.6 Å². The van der Waals surface area contributed by atoms with E-state index < -0.39 is 40.2 Å². The van der Waals surface area contributed by atoms with Gasteiger partial charge < -0.3 is 14.4 Å². The SMILES string of the molecule is COc1c(F)cc(C2(c3cc(F)c(OC)c(F)c3)c3ccccc3-c3ccc(N(c4ccccc4)c4ccccc4)cc32)cc1F. The molecule has 0 spiro atoms. The molecular formula is C39H27F4NO2. The highest BCUT2D eigenvalue weighted by molar-refractivity contribution is 5.89. The summed E-state index contributed by atoms with van der Waals surface area (Å²) in [6, 6.07) is 37.4. The lowest BCUT2D eigenvalue weighted by Crippen LogP contribution is -2.30. The van der Waals surface area contributed by atoms with Gasteiger partial charge >= 0.3 is 0 Å². The average molecular weight is 618 g/mol. The van der Waals surface area contributed by atoms with Crippen LogP contribution < -0.4 is 14.4 Å². The van der Waals surface area contributed by atoms with Crippen LogP contribution in [0.1, 0.15) is 22.3 Å². The van der Waals surface area contributed by atoms with Gasteiger partial charge in [0.15, 0.2) is 34.8 Å². The van der Waals surface area contributed by atoms with Crippen LogP contribution in [0.2, 0.25) is 0 Å². The topological polar surface area (TPSA) is 21.7 Å². The fourth-order valence-corrected chi connectivity index (χ4v) is 6.74. The molecule has 228 valence electrons. The Morgan fingerprint density at radius 3 is 1.37 bits per heavy atom. The molecule has 0 amide bonds. The first-order chi connectivity index (χ1) is 22.4. The second-order valence-electron chi connectivity index (χ2n) is 11.0. The first-order valence-corrected chi connectivity index (χ1v) is 14.6. The number of para-hydroxylation sites is 2. The highest BCUT2D eigenvalue weighted by Gasteiger charge is 2.48. The zero-order valence-electron chi connectivity index (χ0n) is 24.9. The van der Waals surface area contributed by atoms with Crippen LogP contribution in [0.4, 0.5) is 34.6 Å². The van der Waals surface area contributed by atoms with Crippen molar-refractivity contribution in [1.82, 2.24) is 0 Å². The van der Waals surface area contributed by atoms with E-state index in [2.05, 4.69) is 4.90 Å². The Labute approximate surface area is 263 Å². The van der Waals surface area contributed by atoms with Crippen molar-refractivity contribution in [2.45, 2.75) is 5.41 Å². The lowest BCUT2D eigenvalue weighted by Gasteiger charge is -2.35. The van der Waals surface area contributed by atoms with E-state index in [1.54, 1.807) is 6.07 Å². The summed E-state index contributed by atoms with van der Waals surface area (Å²) in [5.74, 6) is -4.87. The second-order valence-corrected chi connectivity index (χ2v) is 11.0. The molecule has 0 radical (unpaired) electrons. The number of anilines is 3. The number of benzene rings is 6. The molecular weight excluding hydrogens is 590 g/mol. The number of halogens is 4. The number of rotatable bonds is 7. The Hall–Kier alpha value is -5.56. The monoisotopic (exact) mass is 617 g/mol. The van der Waals surface area contributed by atoms with Crippen LogP contribution in [0.5, 0.6) is 11.5 Å². The predicted octanol–water partition coefficient (Wildman–Crippen LogP) is 10.1. The van der Waals surface area contributed by atoms with Crippen LogP contribution in [-0.2, 0) is 5.41 Å². The van der Waals surface area contributed by atoms with Gasteiger partial charge in [-0.05, 0) is 94.0 Å². The Balaban J connectivity index is 1.60. The van der Waals surface area contributed by atoms with Crippen LogP contribution in [0.3, 0.4) is 0 Å². The Kier molecular flexibility index (Phi) is 7.24. The van der Waals surface area contributed by atoms with Gasteiger partial charge in [-0.15, -0.1) is 0 Å². The molecule has 6 aromatic rings. The first-order valence-electron chi connectivity index (χ1n) is 14.6. The minimum absolute atomic E-state index is 0.140. The van der Waals surface area contributed by atoms with Gasteiger partial charge in [-0.1, -0.05) is 66.7 Å². The number of hydrogen-bond donors (Lipinski definition) is 0. The maximum Gasteiger partial charge on any atom is 0.190 e. The lowest BCUT2D eigenvalue weighted by atomic mass is 9.67. The van der Waals surface area contributed by atoms with E-state index in [0.717, 1.165) is 28.2 Å². The van der Waals surface area contributed by atoms with Gasteiger partial charge in [-0.2, -0.15) is 0 Å². The molecule has 0 bridgehead atoms. The Bertz CT molecular complexity index is 1940. The van der Waals surface area contributed by atoms with Crippen molar-refractivity contribution in [1.29, 1.82) is 0 Å². The van der Waals surface area contributed by atoms with Crippen molar-refractivity contribution in [3.63, 3.8) is 0 Å². The Morgan fingerprint density at radius 2 is 0.891 bits per heavy atom. The summed E-state index contributed by atoms with van der Waals surface area (Å²) in [7, 11) is 2.36. The van der Waals surface area contributed by atoms with E-state index in [0.29, 0.717) is 11.1 Å². The maximum absolute atomic E-state index is 15.6. The van der Waals surface area contributed by atoms with Crippen molar-refractivity contribution < 1.29 is 27.0 Å². The third kappa shape index (κ3) is 4.42. The zero-order chi connectivity index (χ0) is 32.0. The molecule has 0 saturated heterocycles. The van der Waals surface area contributed by atoms with Crippen molar-refractivity contribution >= 4 is 17.1 Å². The Morgan fingerprint density at radius 1 is 0.457 bits per heavy atom. The number of ether oxygens (including phenoxy) is 2. The molecule has 3 nitrogen and oxygen atoms in total. The van der Waals surface area contributed by atoms with E-state index in [1.165, 1.54) is 38.5 Å². The third-order valence-corrected chi connectivity index (χ3v) is 8.59. The summed E-state index contributed by atoms with van der Waals surface area (Å²) >= 11 is 0. The van der Waals surface area contributed by atoms with Crippen LogP contribution in [0.25, 0.3) is 11.1 Å². The van der Waals surface area contributed by atoms with E-state index in [4.69, 9.17) is 9.47 Å². The first kappa shape index (κ1) is 29.2. The van der Waals surface area contributed by atoms with Gasteiger partial charge in [0.05, 0.1) is 19.6 Å². The van der Waals surface area contributed by atoms with Gasteiger partial charge in [0.25, 0.3) is 0 Å². The molecule has 7 heteroatoms. The molecule has 0 fully saturated rings. The minimum Gasteiger partial charge on any atom is -0.491 e. The number of methoxy groups -OCH3 is 2. The molecule has 0 heterocycles. The molecule has 6 aromatic carbocycles. The summed E-state index contributed by atoms with van der Waals surface area (Å²) in [5, 5.41) is 0. The number of fused-ring (bicyclic) bond motifs is 3. The molecule has 1 aliphatic carbocycles. The van der Waals surface area contributed by atoms with Crippen LogP contribution in [-0.4, -0.2) is 14.2 Å². The quantitative estimate of drug-likeness (QED) is 0.166. The highest BCUT2D eigenvalue weighted by Crippen LogP contribution is 2.58. The van der Waals surface area contributed by atoms with Gasteiger partial charge in [-0.3, -0.25) is 0 Å². The highest BCUT2D eigenvalue weighted by atomic mass is 19.1. The molecule has 0 aromatic heterocycles. The standard InChI is InChI=1S/C39H27F4NO2/c1-45-37-33(40)19-24(20-34(37)41)39(25-21-35(42)38(46-2)36(43)22-25)31-16-10-9-15-29(31)30-18-17-28(23-32(30)39)44(26-11-5-3-6-12-26)27-13-7-4-8-14-27/h3-23H,1-2H3. The molecule has 1 aliphatic rings. The van der Waals surface area contributed by atoms with Gasteiger partial charge in [0.2, 0.25) is 0 Å². The molecule has 0 N–H and O–H groups in total. The lowest BCUT2D eigenvalue weighted by molar-refractivity contribution is 0.357. The fourth-order valence-electron chi connectivity index (χ4n) is 6.74. The van der Waals surface area contributed by atoms with Crippen LogP contribution in [0.15, 0.2) is 127 Å².